The van der Waals surface area contributed by atoms with Gasteiger partial charge in [0.1, 0.15) is 0 Å². The zero-order valence-corrected chi connectivity index (χ0v) is 8.59. The number of nitrogens with zero attached hydrogens (tertiary/aromatic N) is 1. The number of nitriles is 1. The minimum Gasteiger partial charge on any atom is -0.298 e. The lowest BCUT2D eigenvalue weighted by atomic mass is 10.0. The molecule has 14 heavy (non-hydrogen) atoms. The van der Waals surface area contributed by atoms with Crippen LogP contribution in [0, 0.1) is 16.7 Å². The SMILES string of the molecule is N#CCC1(CNOC2CCCC2)CC1. The Morgan fingerprint density at radius 2 is 2.07 bits per heavy atom. The van der Waals surface area contributed by atoms with Gasteiger partial charge in [-0.2, -0.15) is 5.26 Å². The second-order valence-corrected chi connectivity index (χ2v) is 4.68. The van der Waals surface area contributed by atoms with Crippen LogP contribution < -0.4 is 5.48 Å². The normalized spacial score (nSPS) is 24.8. The summed E-state index contributed by atoms with van der Waals surface area (Å²) in [6.07, 6.45) is 8.45. The maximum absolute atomic E-state index is 8.63. The molecule has 0 aliphatic heterocycles. The summed E-state index contributed by atoms with van der Waals surface area (Å²) in [6.45, 7) is 0.858. The van der Waals surface area contributed by atoms with E-state index in [1.165, 1.54) is 38.5 Å². The Labute approximate surface area is 85.4 Å². The van der Waals surface area contributed by atoms with Gasteiger partial charge in [-0.05, 0) is 31.1 Å². The summed E-state index contributed by atoms with van der Waals surface area (Å²) >= 11 is 0. The Morgan fingerprint density at radius 3 is 2.64 bits per heavy atom. The van der Waals surface area contributed by atoms with E-state index in [-0.39, 0.29) is 5.41 Å². The van der Waals surface area contributed by atoms with Gasteiger partial charge in [0.15, 0.2) is 0 Å². The van der Waals surface area contributed by atoms with Gasteiger partial charge >= 0.3 is 0 Å². The first-order valence-corrected chi connectivity index (χ1v) is 5.60. The predicted octanol–water partition coefficient (Wildman–Crippen LogP) is 2.14. The van der Waals surface area contributed by atoms with E-state index in [9.17, 15) is 0 Å². The molecule has 2 rings (SSSR count). The van der Waals surface area contributed by atoms with Crippen molar-refractivity contribution in [2.75, 3.05) is 6.54 Å². The quantitative estimate of drug-likeness (QED) is 0.682. The molecule has 0 aromatic carbocycles. The molecule has 0 unspecified atom stereocenters. The molecule has 3 nitrogen and oxygen atoms in total. The number of hydrogen-bond acceptors (Lipinski definition) is 3. The Balaban J connectivity index is 1.60. The molecule has 2 aliphatic rings. The molecule has 0 bridgehead atoms. The molecule has 0 aromatic heterocycles. The third-order valence-electron chi connectivity index (χ3n) is 3.41. The van der Waals surface area contributed by atoms with Gasteiger partial charge in [-0.15, -0.1) is 0 Å². The van der Waals surface area contributed by atoms with Crippen molar-refractivity contribution >= 4 is 0 Å². The lowest BCUT2D eigenvalue weighted by molar-refractivity contribution is -0.0284. The second-order valence-electron chi connectivity index (χ2n) is 4.68. The van der Waals surface area contributed by atoms with Crippen molar-refractivity contribution in [2.24, 2.45) is 5.41 Å². The first kappa shape index (κ1) is 9.95. The number of hydrogen-bond donors (Lipinski definition) is 1. The van der Waals surface area contributed by atoms with Gasteiger partial charge in [0.05, 0.1) is 12.2 Å². The van der Waals surface area contributed by atoms with E-state index >= 15 is 0 Å². The van der Waals surface area contributed by atoms with E-state index in [2.05, 4.69) is 11.5 Å². The van der Waals surface area contributed by atoms with Gasteiger partial charge in [0, 0.05) is 13.0 Å². The summed E-state index contributed by atoms with van der Waals surface area (Å²) in [6, 6.07) is 2.25. The topological polar surface area (TPSA) is 45.0 Å². The van der Waals surface area contributed by atoms with Crippen molar-refractivity contribution in [2.45, 2.75) is 51.0 Å². The second kappa shape index (κ2) is 4.29. The Bertz CT molecular complexity index is 224. The molecule has 0 heterocycles. The van der Waals surface area contributed by atoms with E-state index < -0.39 is 0 Å². The summed E-state index contributed by atoms with van der Waals surface area (Å²) in [5, 5.41) is 8.63. The average Bonchev–Trinajstić information content (AvgIpc) is 2.75. The largest absolute Gasteiger partial charge is 0.298 e. The van der Waals surface area contributed by atoms with Gasteiger partial charge in [0.25, 0.3) is 0 Å². The van der Waals surface area contributed by atoms with Crippen LogP contribution in [0.25, 0.3) is 0 Å². The van der Waals surface area contributed by atoms with Crippen molar-refractivity contribution in [1.29, 1.82) is 5.26 Å². The molecule has 2 aliphatic carbocycles. The molecule has 0 amide bonds. The van der Waals surface area contributed by atoms with Crippen LogP contribution in [0.1, 0.15) is 44.9 Å². The molecule has 0 radical (unpaired) electrons. The van der Waals surface area contributed by atoms with Crippen molar-refractivity contribution in [3.8, 4) is 6.07 Å². The first-order chi connectivity index (χ1) is 6.85. The molecule has 0 aromatic rings. The summed E-state index contributed by atoms with van der Waals surface area (Å²) < 4.78 is 0. The summed E-state index contributed by atoms with van der Waals surface area (Å²) in [5.41, 5.74) is 3.32. The summed E-state index contributed by atoms with van der Waals surface area (Å²) in [7, 11) is 0. The highest BCUT2D eigenvalue weighted by Gasteiger charge is 2.42. The summed E-state index contributed by atoms with van der Waals surface area (Å²) in [4.78, 5) is 5.57. The van der Waals surface area contributed by atoms with Crippen LogP contribution in [0.5, 0.6) is 0 Å². The van der Waals surface area contributed by atoms with E-state index in [0.29, 0.717) is 12.5 Å². The first-order valence-electron chi connectivity index (χ1n) is 5.60. The van der Waals surface area contributed by atoms with Crippen molar-refractivity contribution < 1.29 is 4.84 Å². The van der Waals surface area contributed by atoms with Crippen LogP contribution in [0.4, 0.5) is 0 Å². The maximum atomic E-state index is 8.63. The standard InChI is InChI=1S/C11H18N2O/c12-8-7-11(5-6-11)9-13-14-10-3-1-2-4-10/h10,13H,1-7,9H2. The Kier molecular flexibility index (Phi) is 3.05. The van der Waals surface area contributed by atoms with Gasteiger partial charge in [-0.1, -0.05) is 12.8 Å². The molecule has 2 saturated carbocycles. The van der Waals surface area contributed by atoms with Gasteiger partial charge in [-0.3, -0.25) is 4.84 Å². The molecule has 78 valence electrons. The molecule has 2 fully saturated rings. The number of hydroxylamine groups is 1. The lowest BCUT2D eigenvalue weighted by Crippen LogP contribution is -2.28. The minimum atomic E-state index is 0.257. The van der Waals surface area contributed by atoms with Crippen molar-refractivity contribution in [1.82, 2.24) is 5.48 Å². The van der Waals surface area contributed by atoms with E-state index in [0.717, 1.165) is 6.54 Å². The lowest BCUT2D eigenvalue weighted by Gasteiger charge is -2.15. The third kappa shape index (κ3) is 2.46. The molecular weight excluding hydrogens is 176 g/mol. The monoisotopic (exact) mass is 194 g/mol. The van der Waals surface area contributed by atoms with Crippen LogP contribution in [-0.4, -0.2) is 12.6 Å². The van der Waals surface area contributed by atoms with Crippen LogP contribution in [0.15, 0.2) is 0 Å². The van der Waals surface area contributed by atoms with Gasteiger partial charge in [-0.25, -0.2) is 5.48 Å². The fourth-order valence-electron chi connectivity index (χ4n) is 2.08. The molecule has 0 spiro atoms. The summed E-state index contributed by atoms with van der Waals surface area (Å²) in [5.74, 6) is 0. The zero-order chi connectivity index (χ0) is 9.86. The smallest absolute Gasteiger partial charge is 0.0790 e. The fourth-order valence-corrected chi connectivity index (χ4v) is 2.08. The van der Waals surface area contributed by atoms with Gasteiger partial charge in [0.2, 0.25) is 0 Å². The van der Waals surface area contributed by atoms with E-state index in [4.69, 9.17) is 10.1 Å². The molecule has 3 heteroatoms. The fraction of sp³-hybridized carbons (Fsp3) is 0.909. The maximum Gasteiger partial charge on any atom is 0.0790 e. The highest BCUT2D eigenvalue weighted by Crippen LogP contribution is 2.47. The minimum absolute atomic E-state index is 0.257. The van der Waals surface area contributed by atoms with Crippen molar-refractivity contribution in [3.05, 3.63) is 0 Å². The Morgan fingerprint density at radius 1 is 1.36 bits per heavy atom. The van der Waals surface area contributed by atoms with E-state index in [1.54, 1.807) is 0 Å². The van der Waals surface area contributed by atoms with Crippen LogP contribution >= 0.6 is 0 Å². The molecule has 0 atom stereocenters. The highest BCUT2D eigenvalue weighted by atomic mass is 16.7. The predicted molar refractivity (Wildman–Crippen MR) is 53.2 cm³/mol. The molecular formula is C11H18N2O. The number of rotatable bonds is 5. The molecule has 0 saturated heterocycles. The van der Waals surface area contributed by atoms with E-state index in [1.807, 2.05) is 0 Å². The average molecular weight is 194 g/mol. The van der Waals surface area contributed by atoms with Crippen LogP contribution in [0.3, 0.4) is 0 Å². The van der Waals surface area contributed by atoms with Crippen LogP contribution in [0.2, 0.25) is 0 Å². The highest BCUT2D eigenvalue weighted by molar-refractivity contribution is 5.00. The Hall–Kier alpha value is -0.590. The number of nitrogens with one attached hydrogen (secondary N) is 1. The third-order valence-corrected chi connectivity index (χ3v) is 3.41. The molecule has 1 N–H and O–H groups in total. The zero-order valence-electron chi connectivity index (χ0n) is 8.59. The van der Waals surface area contributed by atoms with Crippen molar-refractivity contribution in [3.63, 3.8) is 0 Å². The van der Waals surface area contributed by atoms with Crippen LogP contribution in [-0.2, 0) is 4.84 Å². The van der Waals surface area contributed by atoms with Gasteiger partial charge < -0.3 is 0 Å².